The van der Waals surface area contributed by atoms with Crippen LogP contribution < -0.4 is 14.8 Å². The molecule has 0 radical (unpaired) electrons. The molecule has 0 unspecified atom stereocenters. The van der Waals surface area contributed by atoms with Gasteiger partial charge in [0.25, 0.3) is 0 Å². The fraction of sp³-hybridized carbons (Fsp3) is 0.364. The average molecular weight is 349 g/mol. The molecule has 1 aliphatic heterocycles. The molecule has 0 spiro atoms. The van der Waals surface area contributed by atoms with Crippen LogP contribution in [0.25, 0.3) is 0 Å². The molecule has 4 nitrogen and oxygen atoms in total. The van der Waals surface area contributed by atoms with Crippen molar-refractivity contribution in [1.29, 1.82) is 0 Å². The fourth-order valence-corrected chi connectivity index (χ4v) is 3.65. The summed E-state index contributed by atoms with van der Waals surface area (Å²) in [6.07, 6.45) is 2.57. The quantitative estimate of drug-likeness (QED) is 0.834. The van der Waals surface area contributed by atoms with Gasteiger partial charge < -0.3 is 19.9 Å². The Morgan fingerprint density at radius 3 is 2.81 bits per heavy atom. The lowest BCUT2D eigenvalue weighted by molar-refractivity contribution is 0.0747. The largest absolute Gasteiger partial charge is 0.454 e. The lowest BCUT2D eigenvalue weighted by atomic mass is 9.96. The van der Waals surface area contributed by atoms with Crippen LogP contribution in [0.15, 0.2) is 48.5 Å². The summed E-state index contributed by atoms with van der Waals surface area (Å²) >= 11 is 0. The average Bonchev–Trinajstić information content (AvgIpc) is 3.27. The predicted octanol–water partition coefficient (Wildman–Crippen LogP) is 3.40. The Morgan fingerprint density at radius 1 is 1.15 bits per heavy atom. The molecule has 2 N–H and O–H groups in total. The van der Waals surface area contributed by atoms with Crippen LogP contribution in [0.5, 0.6) is 11.5 Å². The van der Waals surface area contributed by atoms with Gasteiger partial charge in [-0.15, -0.1) is 0 Å². The molecule has 1 aliphatic carbocycles. The van der Waals surface area contributed by atoms with Crippen molar-refractivity contribution in [3.8, 4) is 23.3 Å². The molecule has 4 heteroatoms. The number of hydrogen-bond acceptors (Lipinski definition) is 4. The molecule has 1 heterocycles. The van der Waals surface area contributed by atoms with Gasteiger partial charge in [-0.3, -0.25) is 0 Å². The van der Waals surface area contributed by atoms with Crippen LogP contribution in [0, 0.1) is 11.8 Å². The summed E-state index contributed by atoms with van der Waals surface area (Å²) in [5.41, 5.74) is 1.02. The zero-order chi connectivity index (χ0) is 18.0. The molecule has 134 valence electrons. The lowest BCUT2D eigenvalue weighted by Crippen LogP contribution is -2.46. The smallest absolute Gasteiger partial charge is 0.231 e. The van der Waals surface area contributed by atoms with Crippen LogP contribution in [0.1, 0.15) is 43.4 Å². The maximum atomic E-state index is 11.1. The summed E-state index contributed by atoms with van der Waals surface area (Å²) in [5.74, 6) is 7.70. The van der Waals surface area contributed by atoms with Crippen LogP contribution in [-0.2, 0) is 0 Å². The van der Waals surface area contributed by atoms with E-state index in [0.29, 0.717) is 12.2 Å². The monoisotopic (exact) mass is 349 g/mol. The van der Waals surface area contributed by atoms with Crippen LogP contribution in [0.4, 0.5) is 0 Å². The summed E-state index contributed by atoms with van der Waals surface area (Å²) < 4.78 is 10.7. The standard InChI is InChI=1S/C22H23NO3/c1-16(18-6-3-2-4-7-18)23-21-8-5-12-22(21,24)13-11-17-9-10-19-20(14-17)26-15-25-19/h2-4,6-7,9-10,14,16,21,23-24H,5,8,12,15H2,1H3/t16-,21-,22-/m0/s1. The van der Waals surface area contributed by atoms with Gasteiger partial charge in [-0.2, -0.15) is 0 Å². The zero-order valence-electron chi connectivity index (χ0n) is 14.9. The molecular weight excluding hydrogens is 326 g/mol. The fourth-order valence-electron chi connectivity index (χ4n) is 3.65. The second kappa shape index (κ2) is 7.03. The maximum absolute atomic E-state index is 11.1. The predicted molar refractivity (Wildman–Crippen MR) is 100 cm³/mol. The third kappa shape index (κ3) is 3.41. The molecule has 3 atom stereocenters. The molecule has 2 aromatic rings. The molecule has 2 aliphatic rings. The van der Waals surface area contributed by atoms with Crippen molar-refractivity contribution in [2.24, 2.45) is 0 Å². The molecule has 0 aromatic heterocycles. The first-order valence-electron chi connectivity index (χ1n) is 9.10. The molecule has 26 heavy (non-hydrogen) atoms. The van der Waals surface area contributed by atoms with E-state index in [1.165, 1.54) is 5.56 Å². The highest BCUT2D eigenvalue weighted by molar-refractivity contribution is 5.50. The molecule has 4 rings (SSSR count). The zero-order valence-corrected chi connectivity index (χ0v) is 14.9. The van der Waals surface area contributed by atoms with E-state index < -0.39 is 5.60 Å². The number of hydrogen-bond donors (Lipinski definition) is 2. The van der Waals surface area contributed by atoms with Crippen molar-refractivity contribution in [2.75, 3.05) is 6.79 Å². The van der Waals surface area contributed by atoms with Crippen molar-refractivity contribution in [2.45, 2.75) is 43.9 Å². The summed E-state index contributed by atoms with van der Waals surface area (Å²) in [4.78, 5) is 0. The van der Waals surface area contributed by atoms with Gasteiger partial charge in [0.1, 0.15) is 5.60 Å². The highest BCUT2D eigenvalue weighted by Gasteiger charge is 2.40. The van der Waals surface area contributed by atoms with E-state index >= 15 is 0 Å². The molecule has 0 saturated heterocycles. The summed E-state index contributed by atoms with van der Waals surface area (Å²) in [6.45, 7) is 2.37. The van der Waals surface area contributed by atoms with Crippen molar-refractivity contribution in [3.63, 3.8) is 0 Å². The van der Waals surface area contributed by atoms with Gasteiger partial charge in [-0.1, -0.05) is 42.2 Å². The Hall–Kier alpha value is -2.48. The van der Waals surface area contributed by atoms with E-state index in [4.69, 9.17) is 9.47 Å². The second-order valence-corrected chi connectivity index (χ2v) is 6.99. The Labute approximate surface area is 154 Å². The second-order valence-electron chi connectivity index (χ2n) is 6.99. The van der Waals surface area contributed by atoms with Crippen LogP contribution in [-0.4, -0.2) is 23.5 Å². The molecule has 2 aromatic carbocycles. The van der Waals surface area contributed by atoms with Crippen molar-refractivity contribution < 1.29 is 14.6 Å². The Bertz CT molecular complexity index is 839. The highest BCUT2D eigenvalue weighted by Crippen LogP contribution is 2.33. The third-order valence-electron chi connectivity index (χ3n) is 5.17. The first-order chi connectivity index (χ1) is 12.6. The highest BCUT2D eigenvalue weighted by atomic mass is 16.7. The van der Waals surface area contributed by atoms with E-state index in [-0.39, 0.29) is 18.9 Å². The summed E-state index contributed by atoms with van der Waals surface area (Å²) in [6, 6.07) is 16.0. The van der Waals surface area contributed by atoms with Crippen molar-refractivity contribution >= 4 is 0 Å². The molecule has 0 bridgehead atoms. The van der Waals surface area contributed by atoms with Gasteiger partial charge in [0, 0.05) is 17.6 Å². The number of aliphatic hydroxyl groups is 1. The van der Waals surface area contributed by atoms with Crippen LogP contribution in [0.3, 0.4) is 0 Å². The minimum atomic E-state index is -1.01. The van der Waals surface area contributed by atoms with Gasteiger partial charge in [-0.05, 0) is 49.9 Å². The SMILES string of the molecule is C[C@H](N[C@H]1CCC[C@]1(O)C#Cc1ccc2c(c1)OCO2)c1ccccc1. The van der Waals surface area contributed by atoms with Gasteiger partial charge >= 0.3 is 0 Å². The summed E-state index contributed by atoms with van der Waals surface area (Å²) in [5, 5.41) is 14.7. The first kappa shape index (κ1) is 17.0. The van der Waals surface area contributed by atoms with Gasteiger partial charge in [-0.25, -0.2) is 0 Å². The minimum Gasteiger partial charge on any atom is -0.454 e. The van der Waals surface area contributed by atoms with Crippen molar-refractivity contribution in [1.82, 2.24) is 5.32 Å². The number of rotatable bonds is 3. The van der Waals surface area contributed by atoms with Gasteiger partial charge in [0.15, 0.2) is 11.5 Å². The normalized spacial score (nSPS) is 24.8. The Balaban J connectivity index is 1.50. The topological polar surface area (TPSA) is 50.7 Å². The minimum absolute atomic E-state index is 0.0424. The Kier molecular flexibility index (Phi) is 4.58. The van der Waals surface area contributed by atoms with Crippen LogP contribution in [0.2, 0.25) is 0 Å². The lowest BCUT2D eigenvalue weighted by Gasteiger charge is -2.29. The Morgan fingerprint density at radius 2 is 1.96 bits per heavy atom. The van der Waals surface area contributed by atoms with Crippen LogP contribution >= 0.6 is 0 Å². The first-order valence-corrected chi connectivity index (χ1v) is 9.10. The molecule has 1 fully saturated rings. The van der Waals surface area contributed by atoms with E-state index in [2.05, 4.69) is 36.2 Å². The number of benzene rings is 2. The van der Waals surface area contributed by atoms with E-state index in [0.717, 1.165) is 24.2 Å². The molecule has 1 saturated carbocycles. The van der Waals surface area contributed by atoms with E-state index in [9.17, 15) is 5.11 Å². The molecular formula is C22H23NO3. The number of nitrogens with one attached hydrogen (secondary N) is 1. The third-order valence-corrected chi connectivity index (χ3v) is 5.17. The summed E-state index contributed by atoms with van der Waals surface area (Å²) in [7, 11) is 0. The van der Waals surface area contributed by atoms with Gasteiger partial charge in [0.05, 0.1) is 0 Å². The number of fused-ring (bicyclic) bond motifs is 1. The maximum Gasteiger partial charge on any atom is 0.231 e. The van der Waals surface area contributed by atoms with E-state index in [1.807, 2.05) is 36.4 Å². The number of ether oxygens (including phenoxy) is 2. The van der Waals surface area contributed by atoms with E-state index in [1.54, 1.807) is 0 Å². The van der Waals surface area contributed by atoms with Crippen molar-refractivity contribution in [3.05, 3.63) is 59.7 Å². The van der Waals surface area contributed by atoms with Gasteiger partial charge in [0.2, 0.25) is 6.79 Å². The molecule has 0 amide bonds.